The number of primary amides is 1. The fourth-order valence-corrected chi connectivity index (χ4v) is 2.95. The smallest absolute Gasteiger partial charge is 0.255 e. The molecule has 23 heavy (non-hydrogen) atoms. The van der Waals surface area contributed by atoms with Crippen LogP contribution in [0.1, 0.15) is 18.4 Å². The van der Waals surface area contributed by atoms with Gasteiger partial charge >= 0.3 is 0 Å². The Bertz CT molecular complexity index is 524. The SMILES string of the molecule is COc1cc(CNCC2CCCO2)cc(Br)c1OCC(N)=O.Cl. The van der Waals surface area contributed by atoms with E-state index in [-0.39, 0.29) is 19.0 Å². The summed E-state index contributed by atoms with van der Waals surface area (Å²) in [5.74, 6) is 0.505. The predicted molar refractivity (Wildman–Crippen MR) is 93.3 cm³/mol. The maximum atomic E-state index is 10.8. The summed E-state index contributed by atoms with van der Waals surface area (Å²) in [6.45, 7) is 2.20. The van der Waals surface area contributed by atoms with Gasteiger partial charge in [0.25, 0.3) is 5.91 Å². The number of carbonyl (C=O) groups is 1. The summed E-state index contributed by atoms with van der Waals surface area (Å²) < 4.78 is 17.0. The summed E-state index contributed by atoms with van der Waals surface area (Å²) in [6, 6.07) is 3.81. The molecule has 1 amide bonds. The lowest BCUT2D eigenvalue weighted by molar-refractivity contribution is -0.119. The van der Waals surface area contributed by atoms with Gasteiger partial charge in [0.15, 0.2) is 18.1 Å². The maximum Gasteiger partial charge on any atom is 0.255 e. The van der Waals surface area contributed by atoms with Gasteiger partial charge in [-0.05, 0) is 46.5 Å². The van der Waals surface area contributed by atoms with Crippen molar-refractivity contribution >= 4 is 34.2 Å². The molecule has 130 valence electrons. The van der Waals surface area contributed by atoms with Crippen molar-refractivity contribution in [2.24, 2.45) is 5.73 Å². The van der Waals surface area contributed by atoms with Gasteiger partial charge in [0.1, 0.15) is 0 Å². The third-order valence-corrected chi connectivity index (χ3v) is 3.96. The van der Waals surface area contributed by atoms with Gasteiger partial charge in [0.2, 0.25) is 0 Å². The average molecular weight is 410 g/mol. The zero-order valence-electron chi connectivity index (χ0n) is 13.0. The number of nitrogens with two attached hydrogens (primary N) is 1. The Kier molecular flexibility index (Phi) is 8.68. The Labute approximate surface area is 150 Å². The van der Waals surface area contributed by atoms with E-state index in [1.807, 2.05) is 12.1 Å². The van der Waals surface area contributed by atoms with E-state index >= 15 is 0 Å². The van der Waals surface area contributed by atoms with E-state index in [0.717, 1.165) is 36.0 Å². The lowest BCUT2D eigenvalue weighted by atomic mass is 10.2. The highest BCUT2D eigenvalue weighted by atomic mass is 79.9. The summed E-state index contributed by atoms with van der Waals surface area (Å²) in [5, 5.41) is 3.38. The molecule has 2 rings (SSSR count). The Morgan fingerprint density at radius 1 is 1.52 bits per heavy atom. The molecule has 1 heterocycles. The molecule has 0 saturated carbocycles. The van der Waals surface area contributed by atoms with Crippen LogP contribution in [0.15, 0.2) is 16.6 Å². The molecule has 8 heteroatoms. The molecule has 1 aromatic carbocycles. The van der Waals surface area contributed by atoms with Crippen molar-refractivity contribution in [3.05, 3.63) is 22.2 Å². The Morgan fingerprint density at radius 3 is 2.91 bits per heavy atom. The van der Waals surface area contributed by atoms with Gasteiger partial charge < -0.3 is 25.3 Å². The first-order chi connectivity index (χ1) is 10.6. The minimum absolute atomic E-state index is 0. The van der Waals surface area contributed by atoms with Crippen molar-refractivity contribution < 1.29 is 19.0 Å². The van der Waals surface area contributed by atoms with Crippen molar-refractivity contribution in [1.82, 2.24) is 5.32 Å². The maximum absolute atomic E-state index is 10.8. The van der Waals surface area contributed by atoms with Crippen LogP contribution in [0.25, 0.3) is 0 Å². The summed E-state index contributed by atoms with van der Waals surface area (Å²) in [4.78, 5) is 10.8. The number of carbonyl (C=O) groups excluding carboxylic acids is 1. The molecule has 0 aliphatic carbocycles. The van der Waals surface area contributed by atoms with Gasteiger partial charge in [-0.15, -0.1) is 12.4 Å². The Hall–Kier alpha value is -1.02. The molecular formula is C15H22BrClN2O4. The molecule has 1 aliphatic heterocycles. The molecule has 1 fully saturated rings. The van der Waals surface area contributed by atoms with Crippen molar-refractivity contribution in [3.63, 3.8) is 0 Å². The zero-order valence-corrected chi connectivity index (χ0v) is 15.4. The van der Waals surface area contributed by atoms with E-state index in [4.69, 9.17) is 19.9 Å². The van der Waals surface area contributed by atoms with Crippen LogP contribution in [0.2, 0.25) is 0 Å². The second-order valence-corrected chi connectivity index (χ2v) is 5.98. The molecule has 0 bridgehead atoms. The molecule has 0 radical (unpaired) electrons. The molecular weight excluding hydrogens is 388 g/mol. The van der Waals surface area contributed by atoms with E-state index < -0.39 is 5.91 Å². The number of rotatable bonds is 8. The second kappa shape index (κ2) is 9.97. The zero-order chi connectivity index (χ0) is 15.9. The third kappa shape index (κ3) is 6.18. The monoisotopic (exact) mass is 408 g/mol. The van der Waals surface area contributed by atoms with Gasteiger partial charge in [-0.3, -0.25) is 4.79 Å². The summed E-state index contributed by atoms with van der Waals surface area (Å²) in [5.41, 5.74) is 6.14. The fraction of sp³-hybridized carbons (Fsp3) is 0.533. The molecule has 1 saturated heterocycles. The molecule has 3 N–H and O–H groups in total. The third-order valence-electron chi connectivity index (χ3n) is 3.37. The van der Waals surface area contributed by atoms with Crippen LogP contribution in [-0.2, 0) is 16.1 Å². The first-order valence-corrected chi connectivity index (χ1v) is 7.99. The minimum atomic E-state index is -0.531. The number of methoxy groups -OCH3 is 1. The average Bonchev–Trinajstić information content (AvgIpc) is 2.98. The van der Waals surface area contributed by atoms with Crippen molar-refractivity contribution in [2.45, 2.75) is 25.5 Å². The molecule has 1 atom stereocenters. The Balaban J connectivity index is 0.00000264. The van der Waals surface area contributed by atoms with E-state index in [2.05, 4.69) is 21.2 Å². The highest BCUT2D eigenvalue weighted by Gasteiger charge is 2.16. The molecule has 1 unspecified atom stereocenters. The lowest BCUT2D eigenvalue weighted by Crippen LogP contribution is -2.25. The number of amides is 1. The van der Waals surface area contributed by atoms with Crippen LogP contribution in [0.4, 0.5) is 0 Å². The highest BCUT2D eigenvalue weighted by molar-refractivity contribution is 9.10. The van der Waals surface area contributed by atoms with Gasteiger partial charge in [0.05, 0.1) is 17.7 Å². The van der Waals surface area contributed by atoms with Crippen molar-refractivity contribution in [1.29, 1.82) is 0 Å². The second-order valence-electron chi connectivity index (χ2n) is 5.13. The van der Waals surface area contributed by atoms with Crippen molar-refractivity contribution in [2.75, 3.05) is 26.9 Å². The standard InChI is InChI=1S/C15H21BrN2O4.ClH/c1-20-13-6-10(7-18-8-11-3-2-4-21-11)5-12(16)15(13)22-9-14(17)19;/h5-6,11,18H,2-4,7-9H2,1H3,(H2,17,19);1H. The largest absolute Gasteiger partial charge is 0.493 e. The first-order valence-electron chi connectivity index (χ1n) is 7.20. The highest BCUT2D eigenvalue weighted by Crippen LogP contribution is 2.36. The van der Waals surface area contributed by atoms with Crippen LogP contribution >= 0.6 is 28.3 Å². The van der Waals surface area contributed by atoms with Gasteiger partial charge in [-0.2, -0.15) is 0 Å². The molecule has 1 aliphatic rings. The van der Waals surface area contributed by atoms with Crippen LogP contribution in [0.3, 0.4) is 0 Å². The normalized spacial score (nSPS) is 16.7. The van der Waals surface area contributed by atoms with Crippen molar-refractivity contribution in [3.8, 4) is 11.5 Å². The summed E-state index contributed by atoms with van der Waals surface area (Å²) in [7, 11) is 1.56. The number of hydrogen-bond donors (Lipinski definition) is 2. The van der Waals surface area contributed by atoms with E-state index in [0.29, 0.717) is 24.1 Å². The van der Waals surface area contributed by atoms with Crippen LogP contribution < -0.4 is 20.5 Å². The van der Waals surface area contributed by atoms with Gasteiger partial charge in [0, 0.05) is 19.7 Å². The number of nitrogens with one attached hydrogen (secondary N) is 1. The number of hydrogen-bond acceptors (Lipinski definition) is 5. The lowest BCUT2D eigenvalue weighted by Gasteiger charge is -2.15. The number of ether oxygens (including phenoxy) is 3. The van der Waals surface area contributed by atoms with Crippen LogP contribution in [0.5, 0.6) is 11.5 Å². The molecule has 0 spiro atoms. The van der Waals surface area contributed by atoms with E-state index in [1.165, 1.54) is 0 Å². The quantitative estimate of drug-likeness (QED) is 0.686. The van der Waals surface area contributed by atoms with Gasteiger partial charge in [-0.1, -0.05) is 0 Å². The van der Waals surface area contributed by atoms with E-state index in [1.54, 1.807) is 7.11 Å². The fourth-order valence-electron chi connectivity index (χ4n) is 2.34. The predicted octanol–water partition coefficient (Wildman–Crippen LogP) is 2.01. The number of halogens is 2. The minimum Gasteiger partial charge on any atom is -0.493 e. The number of benzene rings is 1. The Morgan fingerprint density at radius 2 is 2.30 bits per heavy atom. The molecule has 0 aromatic heterocycles. The molecule has 6 nitrogen and oxygen atoms in total. The van der Waals surface area contributed by atoms with Gasteiger partial charge in [-0.25, -0.2) is 0 Å². The molecule has 1 aromatic rings. The van der Waals surface area contributed by atoms with Crippen LogP contribution in [0, 0.1) is 0 Å². The topological polar surface area (TPSA) is 82.8 Å². The van der Waals surface area contributed by atoms with Crippen LogP contribution in [-0.4, -0.2) is 38.9 Å². The summed E-state index contributed by atoms with van der Waals surface area (Å²) in [6.07, 6.45) is 2.56. The van der Waals surface area contributed by atoms with E-state index in [9.17, 15) is 4.79 Å². The summed E-state index contributed by atoms with van der Waals surface area (Å²) >= 11 is 3.44. The first kappa shape index (κ1) is 20.0.